The molecule has 0 radical (unpaired) electrons. The molecule has 0 unspecified atom stereocenters. The van der Waals surface area contributed by atoms with Crippen molar-refractivity contribution < 1.29 is 9.72 Å². The first-order valence-corrected chi connectivity index (χ1v) is 6.08. The minimum absolute atomic E-state index is 0.0273. The summed E-state index contributed by atoms with van der Waals surface area (Å²) in [6, 6.07) is 3.92. The first kappa shape index (κ1) is 14.0. The molecule has 0 fully saturated rings. The average Bonchev–Trinajstić information content (AvgIpc) is 2.81. The molecule has 7 nitrogen and oxygen atoms in total. The minimum Gasteiger partial charge on any atom is -0.348 e. The fraction of sp³-hybridized carbons (Fsp3) is 0.167. The number of nitrogens with one attached hydrogen (secondary N) is 2. The molecule has 0 saturated heterocycles. The minimum atomic E-state index is -0.635. The Kier molecular flexibility index (Phi) is 3.99. The van der Waals surface area contributed by atoms with Crippen LogP contribution in [0.3, 0.4) is 0 Å². The van der Waals surface area contributed by atoms with Crippen LogP contribution in [0.2, 0.25) is 5.02 Å². The maximum Gasteiger partial charge on any atom is 0.283 e. The van der Waals surface area contributed by atoms with E-state index in [1.807, 2.05) is 6.92 Å². The van der Waals surface area contributed by atoms with Crippen LogP contribution in [0.4, 0.5) is 5.69 Å². The number of nitrogens with zero attached hydrogens (tertiary/aromatic N) is 2. The van der Waals surface area contributed by atoms with E-state index in [1.54, 1.807) is 6.20 Å². The number of H-pyrrole nitrogens is 1. The molecule has 0 aliphatic heterocycles. The third kappa shape index (κ3) is 2.94. The maximum atomic E-state index is 12.0. The van der Waals surface area contributed by atoms with Gasteiger partial charge in [0, 0.05) is 28.9 Å². The van der Waals surface area contributed by atoms with Gasteiger partial charge in [-0.2, -0.15) is 5.10 Å². The zero-order valence-corrected chi connectivity index (χ0v) is 11.3. The Bertz CT molecular complexity index is 668. The van der Waals surface area contributed by atoms with Crippen molar-refractivity contribution in [2.75, 3.05) is 0 Å². The molecular weight excluding hydrogens is 284 g/mol. The highest BCUT2D eigenvalue weighted by Gasteiger charge is 2.20. The molecule has 0 saturated carbocycles. The number of benzene rings is 1. The van der Waals surface area contributed by atoms with Crippen LogP contribution in [0.25, 0.3) is 0 Å². The molecule has 1 amide bonds. The van der Waals surface area contributed by atoms with E-state index in [1.165, 1.54) is 12.1 Å². The van der Waals surface area contributed by atoms with Crippen LogP contribution in [0.15, 0.2) is 24.4 Å². The van der Waals surface area contributed by atoms with E-state index in [-0.39, 0.29) is 22.8 Å². The Labute approximate surface area is 119 Å². The second kappa shape index (κ2) is 5.70. The fourth-order valence-electron chi connectivity index (χ4n) is 1.67. The van der Waals surface area contributed by atoms with Crippen molar-refractivity contribution >= 4 is 23.2 Å². The van der Waals surface area contributed by atoms with Crippen LogP contribution < -0.4 is 5.32 Å². The van der Waals surface area contributed by atoms with Crippen LogP contribution in [0, 0.1) is 17.0 Å². The topological polar surface area (TPSA) is 101 Å². The average molecular weight is 295 g/mol. The number of halogens is 1. The lowest BCUT2D eigenvalue weighted by atomic mass is 10.1. The number of nitro groups is 1. The number of hydrogen-bond acceptors (Lipinski definition) is 4. The Morgan fingerprint density at radius 2 is 2.30 bits per heavy atom. The van der Waals surface area contributed by atoms with Crippen LogP contribution >= 0.6 is 11.6 Å². The van der Waals surface area contributed by atoms with Gasteiger partial charge in [0.1, 0.15) is 5.56 Å². The second-order valence-electron chi connectivity index (χ2n) is 4.12. The summed E-state index contributed by atoms with van der Waals surface area (Å²) >= 11 is 5.70. The Hall–Kier alpha value is -2.41. The van der Waals surface area contributed by atoms with E-state index >= 15 is 0 Å². The van der Waals surface area contributed by atoms with Gasteiger partial charge < -0.3 is 5.32 Å². The number of rotatable bonds is 4. The summed E-state index contributed by atoms with van der Waals surface area (Å²) in [5.74, 6) is -0.533. The van der Waals surface area contributed by atoms with Gasteiger partial charge in [-0.3, -0.25) is 20.0 Å². The molecule has 0 spiro atoms. The number of aryl methyl sites for hydroxylation is 1. The van der Waals surface area contributed by atoms with E-state index in [0.29, 0.717) is 0 Å². The van der Waals surface area contributed by atoms with E-state index in [2.05, 4.69) is 15.5 Å². The number of aromatic nitrogens is 2. The summed E-state index contributed by atoms with van der Waals surface area (Å²) in [6.45, 7) is 2.06. The molecular formula is C12H11ClN4O3. The van der Waals surface area contributed by atoms with Gasteiger partial charge in [0.2, 0.25) is 0 Å². The van der Waals surface area contributed by atoms with E-state index < -0.39 is 10.8 Å². The van der Waals surface area contributed by atoms with Gasteiger partial charge in [0.15, 0.2) is 0 Å². The van der Waals surface area contributed by atoms with Crippen molar-refractivity contribution in [3.8, 4) is 0 Å². The molecule has 2 aromatic rings. The monoisotopic (exact) mass is 294 g/mol. The predicted molar refractivity (Wildman–Crippen MR) is 72.6 cm³/mol. The number of aromatic amines is 1. The molecule has 1 heterocycles. The quantitative estimate of drug-likeness (QED) is 0.666. The van der Waals surface area contributed by atoms with Crippen molar-refractivity contribution in [2.24, 2.45) is 0 Å². The first-order valence-electron chi connectivity index (χ1n) is 5.70. The third-order valence-electron chi connectivity index (χ3n) is 2.77. The summed E-state index contributed by atoms with van der Waals surface area (Å²) in [7, 11) is 0. The number of amides is 1. The summed E-state index contributed by atoms with van der Waals surface area (Å²) in [4.78, 5) is 22.3. The van der Waals surface area contributed by atoms with Gasteiger partial charge in [-0.1, -0.05) is 11.6 Å². The number of carbonyl (C=O) groups is 1. The highest BCUT2D eigenvalue weighted by Crippen LogP contribution is 2.23. The Morgan fingerprint density at radius 1 is 1.55 bits per heavy atom. The number of nitro benzene ring substituents is 1. The van der Waals surface area contributed by atoms with E-state index in [4.69, 9.17) is 11.6 Å². The highest BCUT2D eigenvalue weighted by atomic mass is 35.5. The first-order chi connectivity index (χ1) is 9.49. The van der Waals surface area contributed by atoms with Crippen molar-refractivity contribution in [2.45, 2.75) is 13.5 Å². The molecule has 20 heavy (non-hydrogen) atoms. The molecule has 1 aromatic heterocycles. The Morgan fingerprint density at radius 3 is 2.90 bits per heavy atom. The van der Waals surface area contributed by atoms with Crippen molar-refractivity contribution in [3.63, 3.8) is 0 Å². The molecule has 1 aromatic carbocycles. The third-order valence-corrected chi connectivity index (χ3v) is 3.01. The van der Waals surface area contributed by atoms with Crippen molar-refractivity contribution in [3.05, 3.63) is 56.4 Å². The standard InChI is InChI=1S/C12H11ClN4O3/c1-7-8(6-15-16-7)5-14-12(18)10-3-2-9(13)4-11(10)17(19)20/h2-4,6H,5H2,1H3,(H,14,18)(H,15,16). The molecule has 0 bridgehead atoms. The maximum absolute atomic E-state index is 12.0. The van der Waals surface area contributed by atoms with Gasteiger partial charge in [0.05, 0.1) is 11.1 Å². The van der Waals surface area contributed by atoms with Crippen LogP contribution in [-0.4, -0.2) is 21.0 Å². The van der Waals surface area contributed by atoms with Crippen LogP contribution in [-0.2, 0) is 6.54 Å². The Balaban J connectivity index is 2.17. The van der Waals surface area contributed by atoms with Gasteiger partial charge in [-0.25, -0.2) is 0 Å². The van der Waals surface area contributed by atoms with Gasteiger partial charge >= 0.3 is 0 Å². The van der Waals surface area contributed by atoms with Crippen molar-refractivity contribution in [1.82, 2.24) is 15.5 Å². The molecule has 2 N–H and O–H groups in total. The SMILES string of the molecule is Cc1[nH]ncc1CNC(=O)c1ccc(Cl)cc1[N+](=O)[O-]. The van der Waals surface area contributed by atoms with Crippen LogP contribution in [0.5, 0.6) is 0 Å². The van der Waals surface area contributed by atoms with Gasteiger partial charge in [-0.05, 0) is 19.1 Å². The molecule has 8 heteroatoms. The molecule has 104 valence electrons. The summed E-state index contributed by atoms with van der Waals surface area (Å²) < 4.78 is 0. The normalized spacial score (nSPS) is 10.3. The smallest absolute Gasteiger partial charge is 0.283 e. The second-order valence-corrected chi connectivity index (χ2v) is 4.56. The summed E-state index contributed by atoms with van der Waals surface area (Å²) in [5, 5.41) is 20.3. The van der Waals surface area contributed by atoms with E-state index in [0.717, 1.165) is 17.3 Å². The molecule has 0 aliphatic carbocycles. The van der Waals surface area contributed by atoms with Gasteiger partial charge in [-0.15, -0.1) is 0 Å². The van der Waals surface area contributed by atoms with Gasteiger partial charge in [0.25, 0.3) is 11.6 Å². The molecule has 0 atom stereocenters. The summed E-state index contributed by atoms with van der Waals surface area (Å²) in [5.41, 5.74) is 1.30. The molecule has 0 aliphatic rings. The largest absolute Gasteiger partial charge is 0.348 e. The number of carbonyl (C=O) groups excluding carboxylic acids is 1. The lowest BCUT2D eigenvalue weighted by Gasteiger charge is -2.05. The fourth-order valence-corrected chi connectivity index (χ4v) is 1.84. The predicted octanol–water partition coefficient (Wildman–Crippen LogP) is 2.21. The van der Waals surface area contributed by atoms with E-state index in [9.17, 15) is 14.9 Å². The zero-order chi connectivity index (χ0) is 14.7. The summed E-state index contributed by atoms with van der Waals surface area (Å²) in [6.07, 6.45) is 1.59. The lowest BCUT2D eigenvalue weighted by molar-refractivity contribution is -0.385. The lowest BCUT2D eigenvalue weighted by Crippen LogP contribution is -2.23. The van der Waals surface area contributed by atoms with Crippen LogP contribution in [0.1, 0.15) is 21.6 Å². The molecule has 2 rings (SSSR count). The van der Waals surface area contributed by atoms with Crippen molar-refractivity contribution in [1.29, 1.82) is 0 Å². The zero-order valence-electron chi connectivity index (χ0n) is 10.5. The number of hydrogen-bond donors (Lipinski definition) is 2. The highest BCUT2D eigenvalue weighted by molar-refractivity contribution is 6.31.